The standard InChI is InChI=1S/C17H29FN2O4S/c1-10(2)16(21)19-14-8-15(9-14)25(23,24)5-4-11(3)17(22)20-13-6-12(18)7-13/h10-15H,4-9H2,1-3H3,(H,19,21)(H,20,22)/t11?,12?,13?,14-,15+. The SMILES string of the molecule is CC(C)C(=O)N[C@H]1C[C@@H](S(=O)(=O)CCC(C)C(=O)NC2CC(F)C2)C1. The lowest BCUT2D eigenvalue weighted by molar-refractivity contribution is -0.126. The summed E-state index contributed by atoms with van der Waals surface area (Å²) in [4.78, 5) is 23.6. The first-order valence-electron chi connectivity index (χ1n) is 9.05. The van der Waals surface area contributed by atoms with E-state index in [4.69, 9.17) is 0 Å². The van der Waals surface area contributed by atoms with Gasteiger partial charge in [-0.1, -0.05) is 20.8 Å². The van der Waals surface area contributed by atoms with Gasteiger partial charge in [0, 0.05) is 23.9 Å². The lowest BCUT2D eigenvalue weighted by atomic mass is 9.90. The fourth-order valence-corrected chi connectivity index (χ4v) is 5.06. The van der Waals surface area contributed by atoms with E-state index in [2.05, 4.69) is 10.6 Å². The van der Waals surface area contributed by atoms with Gasteiger partial charge in [-0.3, -0.25) is 9.59 Å². The predicted octanol–water partition coefficient (Wildman–Crippen LogP) is 1.35. The Hall–Kier alpha value is -1.18. The van der Waals surface area contributed by atoms with E-state index in [0.717, 1.165) is 0 Å². The number of carbonyl (C=O) groups is 2. The van der Waals surface area contributed by atoms with Gasteiger partial charge >= 0.3 is 0 Å². The van der Waals surface area contributed by atoms with Crippen LogP contribution in [-0.4, -0.2) is 49.5 Å². The molecule has 6 nitrogen and oxygen atoms in total. The minimum Gasteiger partial charge on any atom is -0.353 e. The third-order valence-electron chi connectivity index (χ3n) is 5.18. The van der Waals surface area contributed by atoms with Crippen LogP contribution in [0.5, 0.6) is 0 Å². The lowest BCUT2D eigenvalue weighted by Gasteiger charge is -2.36. The number of alkyl halides is 1. The molecule has 0 bridgehead atoms. The van der Waals surface area contributed by atoms with Crippen LogP contribution >= 0.6 is 0 Å². The van der Waals surface area contributed by atoms with Gasteiger partial charge in [0.15, 0.2) is 9.84 Å². The number of sulfone groups is 1. The van der Waals surface area contributed by atoms with E-state index in [9.17, 15) is 22.4 Å². The molecule has 2 amide bonds. The van der Waals surface area contributed by atoms with Gasteiger partial charge in [-0.15, -0.1) is 0 Å². The van der Waals surface area contributed by atoms with Gasteiger partial charge in [-0.05, 0) is 32.1 Å². The molecule has 1 atom stereocenters. The van der Waals surface area contributed by atoms with Gasteiger partial charge in [-0.2, -0.15) is 0 Å². The maximum atomic E-state index is 12.8. The van der Waals surface area contributed by atoms with Gasteiger partial charge in [0.25, 0.3) is 0 Å². The van der Waals surface area contributed by atoms with E-state index >= 15 is 0 Å². The van der Waals surface area contributed by atoms with Crippen molar-refractivity contribution in [1.82, 2.24) is 10.6 Å². The molecule has 25 heavy (non-hydrogen) atoms. The number of amides is 2. The minimum absolute atomic E-state index is 0.0342. The smallest absolute Gasteiger partial charge is 0.223 e. The van der Waals surface area contributed by atoms with Crippen molar-refractivity contribution in [2.75, 3.05) is 5.75 Å². The molecule has 0 aromatic heterocycles. The summed E-state index contributed by atoms with van der Waals surface area (Å²) in [5.41, 5.74) is 0. The first kappa shape index (κ1) is 20.1. The molecule has 2 aliphatic carbocycles. The number of carbonyl (C=O) groups excluding carboxylic acids is 2. The van der Waals surface area contributed by atoms with Crippen LogP contribution in [0, 0.1) is 11.8 Å². The molecule has 144 valence electrons. The molecular weight excluding hydrogens is 347 g/mol. The van der Waals surface area contributed by atoms with Crippen LogP contribution < -0.4 is 10.6 Å². The molecule has 2 N–H and O–H groups in total. The molecule has 0 spiro atoms. The van der Waals surface area contributed by atoms with Crippen molar-refractivity contribution in [3.05, 3.63) is 0 Å². The molecule has 0 radical (unpaired) electrons. The van der Waals surface area contributed by atoms with E-state index < -0.39 is 27.2 Å². The maximum absolute atomic E-state index is 12.8. The number of halogens is 1. The minimum atomic E-state index is -3.26. The van der Waals surface area contributed by atoms with Gasteiger partial charge in [0.1, 0.15) is 6.17 Å². The van der Waals surface area contributed by atoms with Crippen LogP contribution in [0.15, 0.2) is 0 Å². The second-order valence-corrected chi connectivity index (χ2v) is 10.2. The average molecular weight is 376 g/mol. The second kappa shape index (κ2) is 8.01. The average Bonchev–Trinajstić information content (AvgIpc) is 2.45. The van der Waals surface area contributed by atoms with E-state index in [0.29, 0.717) is 25.7 Å². The summed E-state index contributed by atoms with van der Waals surface area (Å²) in [6.07, 6.45) is 1.02. The molecule has 2 fully saturated rings. The number of nitrogens with one attached hydrogen (secondary N) is 2. The zero-order valence-corrected chi connectivity index (χ0v) is 15.9. The molecule has 0 aliphatic heterocycles. The fraction of sp³-hybridized carbons (Fsp3) is 0.882. The molecule has 8 heteroatoms. The van der Waals surface area contributed by atoms with Crippen molar-refractivity contribution in [2.45, 2.75) is 76.4 Å². The summed E-state index contributed by atoms with van der Waals surface area (Å²) in [5, 5.41) is 5.17. The van der Waals surface area contributed by atoms with E-state index in [1.54, 1.807) is 20.8 Å². The van der Waals surface area contributed by atoms with Crippen molar-refractivity contribution < 1.29 is 22.4 Å². The Balaban J connectivity index is 1.69. The van der Waals surface area contributed by atoms with Gasteiger partial charge < -0.3 is 10.6 Å². The van der Waals surface area contributed by atoms with Crippen molar-refractivity contribution in [3.8, 4) is 0 Å². The molecule has 0 aromatic rings. The van der Waals surface area contributed by atoms with Crippen molar-refractivity contribution >= 4 is 21.7 Å². The van der Waals surface area contributed by atoms with Crippen LogP contribution in [-0.2, 0) is 19.4 Å². The highest BCUT2D eigenvalue weighted by atomic mass is 32.2. The normalized spacial score (nSPS) is 30.1. The molecule has 0 aromatic carbocycles. The van der Waals surface area contributed by atoms with E-state index in [-0.39, 0.29) is 42.0 Å². The van der Waals surface area contributed by atoms with Gasteiger partial charge in [-0.25, -0.2) is 12.8 Å². The Morgan fingerprint density at radius 2 is 1.52 bits per heavy atom. The molecule has 1 unspecified atom stereocenters. The van der Waals surface area contributed by atoms with Gasteiger partial charge in [0.2, 0.25) is 11.8 Å². The summed E-state index contributed by atoms with van der Waals surface area (Å²) >= 11 is 0. The summed E-state index contributed by atoms with van der Waals surface area (Å²) < 4.78 is 37.4. The molecular formula is C17H29FN2O4S. The first-order valence-corrected chi connectivity index (χ1v) is 10.8. The highest BCUT2D eigenvalue weighted by Gasteiger charge is 2.39. The van der Waals surface area contributed by atoms with E-state index in [1.165, 1.54) is 0 Å². The van der Waals surface area contributed by atoms with Crippen LogP contribution in [0.2, 0.25) is 0 Å². The molecule has 2 aliphatic rings. The molecule has 2 saturated carbocycles. The first-order chi connectivity index (χ1) is 11.6. The lowest BCUT2D eigenvalue weighted by Crippen LogP contribution is -2.51. The third-order valence-corrected chi connectivity index (χ3v) is 7.39. The Kier molecular flexibility index (Phi) is 6.45. The summed E-state index contributed by atoms with van der Waals surface area (Å²) in [6.45, 7) is 5.29. The monoisotopic (exact) mass is 376 g/mol. The molecule has 0 heterocycles. The van der Waals surface area contributed by atoms with Crippen molar-refractivity contribution in [1.29, 1.82) is 0 Å². The highest BCUT2D eigenvalue weighted by Crippen LogP contribution is 2.29. The van der Waals surface area contributed by atoms with Crippen molar-refractivity contribution in [3.63, 3.8) is 0 Å². The Bertz CT molecular complexity index is 596. The van der Waals surface area contributed by atoms with Crippen molar-refractivity contribution in [2.24, 2.45) is 11.8 Å². The third kappa shape index (κ3) is 5.39. The number of hydrogen-bond acceptors (Lipinski definition) is 4. The molecule has 0 saturated heterocycles. The van der Waals surface area contributed by atoms with E-state index in [1.807, 2.05) is 0 Å². The topological polar surface area (TPSA) is 92.3 Å². The van der Waals surface area contributed by atoms with Crippen LogP contribution in [0.4, 0.5) is 4.39 Å². The van der Waals surface area contributed by atoms with Crippen LogP contribution in [0.25, 0.3) is 0 Å². The highest BCUT2D eigenvalue weighted by molar-refractivity contribution is 7.92. The zero-order chi connectivity index (χ0) is 18.8. The Morgan fingerprint density at radius 3 is 2.04 bits per heavy atom. The van der Waals surface area contributed by atoms with Crippen LogP contribution in [0.3, 0.4) is 0 Å². The number of hydrogen-bond donors (Lipinski definition) is 2. The summed E-state index contributed by atoms with van der Waals surface area (Å²) in [7, 11) is -3.26. The largest absolute Gasteiger partial charge is 0.353 e. The number of rotatable bonds is 8. The Labute approximate surface area is 149 Å². The quantitative estimate of drug-likeness (QED) is 0.669. The van der Waals surface area contributed by atoms with Gasteiger partial charge in [0.05, 0.1) is 11.0 Å². The summed E-state index contributed by atoms with van der Waals surface area (Å²) in [6, 6.07) is -0.179. The molecule has 2 rings (SSSR count). The zero-order valence-electron chi connectivity index (χ0n) is 15.1. The van der Waals surface area contributed by atoms with Crippen LogP contribution in [0.1, 0.15) is 52.9 Å². The Morgan fingerprint density at radius 1 is 1.00 bits per heavy atom. The maximum Gasteiger partial charge on any atom is 0.223 e. The second-order valence-electron chi connectivity index (χ2n) is 7.78. The fourth-order valence-electron chi connectivity index (χ4n) is 2.99. The predicted molar refractivity (Wildman–Crippen MR) is 93.4 cm³/mol. The summed E-state index contributed by atoms with van der Waals surface area (Å²) in [5.74, 6) is -0.822.